The average Bonchev–Trinajstić information content (AvgIpc) is 2.59. The zero-order valence-corrected chi connectivity index (χ0v) is 16.1. The smallest absolute Gasteiger partial charge is 0.234 e. The summed E-state index contributed by atoms with van der Waals surface area (Å²) in [5.41, 5.74) is 3.67. The molecule has 1 aliphatic heterocycles. The van der Waals surface area contributed by atoms with E-state index in [0.717, 1.165) is 38.2 Å². The van der Waals surface area contributed by atoms with Crippen LogP contribution in [-0.4, -0.2) is 66.2 Å². The maximum atomic E-state index is 12.4. The number of hydrogen-bond donors (Lipinski definition) is 2. The fourth-order valence-corrected chi connectivity index (χ4v) is 3.40. The number of benzene rings is 1. The Morgan fingerprint density at radius 1 is 1.20 bits per heavy atom. The van der Waals surface area contributed by atoms with Crippen molar-refractivity contribution < 1.29 is 9.90 Å². The molecule has 2 unspecified atom stereocenters. The van der Waals surface area contributed by atoms with Crippen LogP contribution < -0.4 is 5.32 Å². The van der Waals surface area contributed by atoms with Gasteiger partial charge >= 0.3 is 0 Å². The minimum atomic E-state index is 0.0203. The lowest BCUT2D eigenvalue weighted by Crippen LogP contribution is -2.53. The molecule has 0 bridgehead atoms. The van der Waals surface area contributed by atoms with Crippen molar-refractivity contribution in [3.8, 4) is 0 Å². The highest BCUT2D eigenvalue weighted by molar-refractivity contribution is 5.78. The number of rotatable bonds is 7. The molecule has 5 nitrogen and oxygen atoms in total. The highest BCUT2D eigenvalue weighted by atomic mass is 16.3. The van der Waals surface area contributed by atoms with E-state index in [4.69, 9.17) is 0 Å². The van der Waals surface area contributed by atoms with Crippen molar-refractivity contribution in [3.05, 3.63) is 34.9 Å². The summed E-state index contributed by atoms with van der Waals surface area (Å²) < 4.78 is 0. The van der Waals surface area contributed by atoms with Crippen LogP contribution in [0.5, 0.6) is 0 Å². The average molecular weight is 348 g/mol. The number of amides is 1. The number of hydrogen-bond acceptors (Lipinski definition) is 4. The number of aliphatic hydroxyl groups excluding tert-OH is 1. The lowest BCUT2D eigenvalue weighted by molar-refractivity contribution is -0.123. The van der Waals surface area contributed by atoms with E-state index in [-0.39, 0.29) is 24.6 Å². The molecule has 2 N–H and O–H groups in total. The van der Waals surface area contributed by atoms with E-state index < -0.39 is 0 Å². The van der Waals surface area contributed by atoms with Gasteiger partial charge in [0.15, 0.2) is 0 Å². The van der Waals surface area contributed by atoms with Crippen molar-refractivity contribution in [2.45, 2.75) is 46.2 Å². The SMILES string of the molecule is CCC(CO)N1CCN(CC(=O)NC(C)c2ccc(C)c(C)c2)CC1. The van der Waals surface area contributed by atoms with Crippen molar-refractivity contribution in [1.29, 1.82) is 0 Å². The molecule has 140 valence electrons. The normalized spacial score (nSPS) is 18.8. The first kappa shape index (κ1) is 19.9. The molecule has 25 heavy (non-hydrogen) atoms. The Hall–Kier alpha value is -1.43. The van der Waals surface area contributed by atoms with Gasteiger partial charge in [-0.25, -0.2) is 0 Å². The van der Waals surface area contributed by atoms with E-state index in [9.17, 15) is 9.90 Å². The molecule has 2 atom stereocenters. The standard InChI is InChI=1S/C20H33N3O2/c1-5-19(14-24)23-10-8-22(9-11-23)13-20(25)21-17(4)18-7-6-15(2)16(3)12-18/h6-7,12,17,19,24H,5,8-11,13-14H2,1-4H3,(H,21,25). The summed E-state index contributed by atoms with van der Waals surface area (Å²) in [4.78, 5) is 16.9. The third kappa shape index (κ3) is 5.53. The van der Waals surface area contributed by atoms with E-state index in [1.165, 1.54) is 11.1 Å². The highest BCUT2D eigenvalue weighted by Gasteiger charge is 2.23. The molecule has 1 amide bonds. The van der Waals surface area contributed by atoms with Crippen molar-refractivity contribution >= 4 is 5.91 Å². The fraction of sp³-hybridized carbons (Fsp3) is 0.650. The molecule has 0 spiro atoms. The first-order chi connectivity index (χ1) is 11.9. The van der Waals surface area contributed by atoms with Crippen LogP contribution in [0.2, 0.25) is 0 Å². The zero-order chi connectivity index (χ0) is 18.4. The fourth-order valence-electron chi connectivity index (χ4n) is 3.40. The zero-order valence-electron chi connectivity index (χ0n) is 16.1. The quantitative estimate of drug-likeness (QED) is 0.791. The topological polar surface area (TPSA) is 55.8 Å². The van der Waals surface area contributed by atoms with Crippen LogP contribution in [0.25, 0.3) is 0 Å². The first-order valence-electron chi connectivity index (χ1n) is 9.38. The molecular formula is C20H33N3O2. The van der Waals surface area contributed by atoms with Crippen molar-refractivity contribution in [2.75, 3.05) is 39.3 Å². The van der Waals surface area contributed by atoms with Gasteiger partial charge in [-0.2, -0.15) is 0 Å². The van der Waals surface area contributed by atoms with Crippen LogP contribution in [0.4, 0.5) is 0 Å². The van der Waals surface area contributed by atoms with Crippen LogP contribution in [0.15, 0.2) is 18.2 Å². The van der Waals surface area contributed by atoms with Gasteiger partial charge in [-0.15, -0.1) is 0 Å². The summed E-state index contributed by atoms with van der Waals surface area (Å²) in [6.45, 7) is 12.6. The molecule has 1 heterocycles. The maximum Gasteiger partial charge on any atom is 0.234 e. The Morgan fingerprint density at radius 3 is 2.44 bits per heavy atom. The van der Waals surface area contributed by atoms with Crippen LogP contribution in [0.3, 0.4) is 0 Å². The van der Waals surface area contributed by atoms with Gasteiger partial charge in [0.25, 0.3) is 0 Å². The van der Waals surface area contributed by atoms with Crippen molar-refractivity contribution in [3.63, 3.8) is 0 Å². The largest absolute Gasteiger partial charge is 0.395 e. The molecule has 0 saturated carbocycles. The van der Waals surface area contributed by atoms with Crippen LogP contribution in [0, 0.1) is 13.8 Å². The van der Waals surface area contributed by atoms with Crippen LogP contribution >= 0.6 is 0 Å². The predicted molar refractivity (Wildman–Crippen MR) is 102 cm³/mol. The number of carbonyl (C=O) groups excluding carboxylic acids is 1. The molecule has 0 radical (unpaired) electrons. The number of nitrogens with one attached hydrogen (secondary N) is 1. The number of aryl methyl sites for hydroxylation is 2. The molecule has 0 aliphatic carbocycles. The van der Waals surface area contributed by atoms with E-state index in [1.54, 1.807) is 0 Å². The van der Waals surface area contributed by atoms with E-state index >= 15 is 0 Å². The second kappa shape index (κ2) is 9.32. The van der Waals surface area contributed by atoms with Gasteiger partial charge in [0.2, 0.25) is 5.91 Å². The van der Waals surface area contributed by atoms with Gasteiger partial charge in [-0.05, 0) is 43.9 Å². The summed E-state index contributed by atoms with van der Waals surface area (Å²) in [6, 6.07) is 6.62. The lowest BCUT2D eigenvalue weighted by Gasteiger charge is -2.38. The summed E-state index contributed by atoms with van der Waals surface area (Å²) >= 11 is 0. The number of piperazine rings is 1. The molecular weight excluding hydrogens is 314 g/mol. The van der Waals surface area contributed by atoms with Crippen LogP contribution in [-0.2, 0) is 4.79 Å². The Morgan fingerprint density at radius 2 is 1.88 bits per heavy atom. The van der Waals surface area contributed by atoms with Gasteiger partial charge in [0.1, 0.15) is 0 Å². The lowest BCUT2D eigenvalue weighted by atomic mass is 10.0. The molecule has 1 aromatic rings. The summed E-state index contributed by atoms with van der Waals surface area (Å²) in [5.74, 6) is 0.0772. The Kier molecular flexibility index (Phi) is 7.41. The monoisotopic (exact) mass is 347 g/mol. The van der Waals surface area contributed by atoms with Gasteiger partial charge in [0.05, 0.1) is 19.2 Å². The Bertz CT molecular complexity index is 564. The van der Waals surface area contributed by atoms with E-state index in [1.807, 2.05) is 6.92 Å². The first-order valence-corrected chi connectivity index (χ1v) is 9.38. The molecule has 1 fully saturated rings. The summed E-state index contributed by atoms with van der Waals surface area (Å²) in [6.07, 6.45) is 0.963. The molecule has 1 saturated heterocycles. The maximum absolute atomic E-state index is 12.4. The number of carbonyl (C=O) groups is 1. The summed E-state index contributed by atoms with van der Waals surface area (Å²) in [7, 11) is 0. The minimum absolute atomic E-state index is 0.0203. The second-order valence-corrected chi connectivity index (χ2v) is 7.19. The Labute approximate surface area is 152 Å². The van der Waals surface area contributed by atoms with Crippen LogP contribution in [0.1, 0.15) is 43.0 Å². The summed E-state index contributed by atoms with van der Waals surface area (Å²) in [5, 5.41) is 12.5. The van der Waals surface area contributed by atoms with Gasteiger partial charge in [-0.3, -0.25) is 14.6 Å². The third-order valence-electron chi connectivity index (χ3n) is 5.38. The molecule has 1 aromatic carbocycles. The molecule has 1 aliphatic rings. The third-order valence-corrected chi connectivity index (χ3v) is 5.38. The minimum Gasteiger partial charge on any atom is -0.395 e. The molecule has 0 aromatic heterocycles. The number of aliphatic hydroxyl groups is 1. The second-order valence-electron chi connectivity index (χ2n) is 7.19. The highest BCUT2D eigenvalue weighted by Crippen LogP contribution is 2.17. The predicted octanol–water partition coefficient (Wildman–Crippen LogP) is 1.87. The van der Waals surface area contributed by atoms with E-state index in [2.05, 4.69) is 54.1 Å². The van der Waals surface area contributed by atoms with Crippen molar-refractivity contribution in [1.82, 2.24) is 15.1 Å². The van der Waals surface area contributed by atoms with Gasteiger partial charge in [0, 0.05) is 32.2 Å². The molecule has 2 rings (SSSR count). The van der Waals surface area contributed by atoms with Gasteiger partial charge in [-0.1, -0.05) is 25.1 Å². The van der Waals surface area contributed by atoms with E-state index in [0.29, 0.717) is 6.54 Å². The van der Waals surface area contributed by atoms with Gasteiger partial charge < -0.3 is 10.4 Å². The molecule has 5 heteroatoms. The Balaban J connectivity index is 1.80. The van der Waals surface area contributed by atoms with Crippen molar-refractivity contribution in [2.24, 2.45) is 0 Å². The number of nitrogens with zero attached hydrogens (tertiary/aromatic N) is 2.